The highest BCUT2D eigenvalue weighted by atomic mass is 35.5. The predicted molar refractivity (Wildman–Crippen MR) is 95.1 cm³/mol. The molecule has 0 unspecified atom stereocenters. The molecule has 3 N–H and O–H groups in total. The molecule has 0 bridgehead atoms. The molecule has 2 rings (SSSR count). The number of rotatable bonds is 10. The Bertz CT molecular complexity index is 402. The van der Waals surface area contributed by atoms with E-state index in [1.807, 2.05) is 18.2 Å². The number of anilines is 1. The van der Waals surface area contributed by atoms with Crippen molar-refractivity contribution in [2.45, 2.75) is 25.7 Å². The number of unbranched alkanes of at least 4 members (excludes halogenated alkanes) is 1. The van der Waals surface area contributed by atoms with Crippen LogP contribution in [0.1, 0.15) is 25.7 Å². The summed E-state index contributed by atoms with van der Waals surface area (Å²) >= 11 is 0. The second kappa shape index (κ2) is 12.5. The van der Waals surface area contributed by atoms with Crippen molar-refractivity contribution in [1.29, 1.82) is 0 Å². The van der Waals surface area contributed by atoms with Gasteiger partial charge in [0.2, 0.25) is 5.91 Å². The van der Waals surface area contributed by atoms with Gasteiger partial charge >= 0.3 is 0 Å². The van der Waals surface area contributed by atoms with Crippen LogP contribution in [-0.4, -0.2) is 37.1 Å². The Balaban J connectivity index is 0.00000220. The molecule has 0 spiro atoms. The number of pyridine rings is 1. The molecule has 22 heavy (non-hydrogen) atoms. The molecule has 0 aromatic carbocycles. The second-order valence-corrected chi connectivity index (χ2v) is 5.27. The molecule has 1 fully saturated rings. The lowest BCUT2D eigenvalue weighted by molar-refractivity contribution is -0.120. The predicted octanol–water partition coefficient (Wildman–Crippen LogP) is 2.23. The van der Waals surface area contributed by atoms with Gasteiger partial charge in [-0.2, -0.15) is 0 Å². The topological polar surface area (TPSA) is 66.1 Å². The molecule has 1 amide bonds. The van der Waals surface area contributed by atoms with Crippen molar-refractivity contribution in [3.63, 3.8) is 0 Å². The summed E-state index contributed by atoms with van der Waals surface area (Å²) in [6.45, 7) is 3.06. The molecular weight excluding hydrogens is 323 g/mol. The highest BCUT2D eigenvalue weighted by Crippen LogP contribution is 2.27. The zero-order chi connectivity index (χ0) is 14.0. The van der Waals surface area contributed by atoms with Gasteiger partial charge in [-0.05, 0) is 50.3 Å². The van der Waals surface area contributed by atoms with E-state index in [0.717, 1.165) is 44.2 Å². The standard InChI is InChI=1S/C15H24N4O.2ClH/c20-15(12-16-11-13-6-7-13)19-10-4-3-9-18-14-5-1-2-8-17-14;;/h1-2,5,8,13,16H,3-4,6-7,9-12H2,(H,17,18)(H,19,20);2*1H. The molecule has 1 aliphatic rings. The van der Waals surface area contributed by atoms with Gasteiger partial charge in [0.15, 0.2) is 0 Å². The molecule has 5 nitrogen and oxygen atoms in total. The minimum absolute atomic E-state index is 0. The summed E-state index contributed by atoms with van der Waals surface area (Å²) in [6, 6.07) is 5.81. The van der Waals surface area contributed by atoms with Crippen molar-refractivity contribution in [3.8, 4) is 0 Å². The summed E-state index contributed by atoms with van der Waals surface area (Å²) in [7, 11) is 0. The van der Waals surface area contributed by atoms with Gasteiger partial charge in [-0.25, -0.2) is 4.98 Å². The fourth-order valence-electron chi connectivity index (χ4n) is 1.94. The van der Waals surface area contributed by atoms with E-state index in [9.17, 15) is 4.79 Å². The Morgan fingerprint density at radius 1 is 1.18 bits per heavy atom. The number of nitrogens with zero attached hydrogens (tertiary/aromatic N) is 1. The zero-order valence-electron chi connectivity index (χ0n) is 12.7. The van der Waals surface area contributed by atoms with E-state index in [4.69, 9.17) is 0 Å². The largest absolute Gasteiger partial charge is 0.370 e. The summed E-state index contributed by atoms with van der Waals surface area (Å²) < 4.78 is 0. The number of aromatic nitrogens is 1. The van der Waals surface area contributed by atoms with Gasteiger partial charge in [-0.1, -0.05) is 6.07 Å². The van der Waals surface area contributed by atoms with Crippen LogP contribution >= 0.6 is 24.8 Å². The van der Waals surface area contributed by atoms with Crippen LogP contribution in [0.2, 0.25) is 0 Å². The van der Waals surface area contributed by atoms with Crippen LogP contribution in [0.4, 0.5) is 5.82 Å². The van der Waals surface area contributed by atoms with Gasteiger partial charge < -0.3 is 16.0 Å². The maximum atomic E-state index is 11.5. The van der Waals surface area contributed by atoms with E-state index in [-0.39, 0.29) is 30.7 Å². The highest BCUT2D eigenvalue weighted by molar-refractivity contribution is 5.85. The Morgan fingerprint density at radius 2 is 1.95 bits per heavy atom. The normalized spacial score (nSPS) is 12.7. The third-order valence-corrected chi connectivity index (χ3v) is 3.31. The average Bonchev–Trinajstić information content (AvgIpc) is 3.28. The molecule has 0 aliphatic heterocycles. The van der Waals surface area contributed by atoms with Crippen LogP contribution in [-0.2, 0) is 4.79 Å². The number of hydrogen-bond donors (Lipinski definition) is 3. The van der Waals surface area contributed by atoms with Crippen LogP contribution in [0.3, 0.4) is 0 Å². The smallest absolute Gasteiger partial charge is 0.233 e. The number of carbonyl (C=O) groups excluding carboxylic acids is 1. The summed E-state index contributed by atoms with van der Waals surface area (Å²) in [5.41, 5.74) is 0. The first-order valence-electron chi connectivity index (χ1n) is 7.47. The lowest BCUT2D eigenvalue weighted by Crippen LogP contribution is -2.35. The second-order valence-electron chi connectivity index (χ2n) is 5.27. The molecule has 1 aliphatic carbocycles. The molecule has 7 heteroatoms. The molecule has 1 aromatic heterocycles. The molecule has 1 aromatic rings. The first kappa shape index (κ1) is 21.0. The van der Waals surface area contributed by atoms with Crippen LogP contribution in [0.15, 0.2) is 24.4 Å². The lowest BCUT2D eigenvalue weighted by Gasteiger charge is -2.07. The lowest BCUT2D eigenvalue weighted by atomic mass is 10.3. The van der Waals surface area contributed by atoms with E-state index >= 15 is 0 Å². The summed E-state index contributed by atoms with van der Waals surface area (Å²) in [4.78, 5) is 15.7. The van der Waals surface area contributed by atoms with Crippen molar-refractivity contribution in [1.82, 2.24) is 15.6 Å². The number of halogens is 2. The van der Waals surface area contributed by atoms with Gasteiger partial charge in [0, 0.05) is 19.3 Å². The molecule has 126 valence electrons. The van der Waals surface area contributed by atoms with Crippen LogP contribution in [0.5, 0.6) is 0 Å². The monoisotopic (exact) mass is 348 g/mol. The van der Waals surface area contributed by atoms with E-state index in [0.29, 0.717) is 6.54 Å². The Hall–Kier alpha value is -1.04. The Morgan fingerprint density at radius 3 is 2.64 bits per heavy atom. The molecule has 0 atom stereocenters. The van der Waals surface area contributed by atoms with Gasteiger partial charge in [0.25, 0.3) is 0 Å². The van der Waals surface area contributed by atoms with E-state index in [1.165, 1.54) is 12.8 Å². The van der Waals surface area contributed by atoms with E-state index in [1.54, 1.807) is 6.20 Å². The number of nitrogens with one attached hydrogen (secondary N) is 3. The Kier molecular flexibility index (Phi) is 11.9. The summed E-state index contributed by atoms with van der Waals surface area (Å²) in [6.07, 6.45) is 6.41. The summed E-state index contributed by atoms with van der Waals surface area (Å²) in [5.74, 6) is 1.82. The summed E-state index contributed by atoms with van der Waals surface area (Å²) in [5, 5.41) is 9.37. The average molecular weight is 349 g/mol. The molecule has 0 radical (unpaired) electrons. The van der Waals surface area contributed by atoms with E-state index in [2.05, 4.69) is 20.9 Å². The van der Waals surface area contributed by atoms with Gasteiger partial charge in [-0.3, -0.25) is 4.79 Å². The third-order valence-electron chi connectivity index (χ3n) is 3.31. The first-order chi connectivity index (χ1) is 9.84. The minimum Gasteiger partial charge on any atom is -0.370 e. The van der Waals surface area contributed by atoms with Crippen molar-refractivity contribution in [2.24, 2.45) is 5.92 Å². The number of carbonyl (C=O) groups is 1. The van der Waals surface area contributed by atoms with Crippen molar-refractivity contribution in [3.05, 3.63) is 24.4 Å². The van der Waals surface area contributed by atoms with Crippen LogP contribution in [0.25, 0.3) is 0 Å². The fraction of sp³-hybridized carbons (Fsp3) is 0.600. The maximum Gasteiger partial charge on any atom is 0.233 e. The molecular formula is C15H26Cl2N4O. The maximum absolute atomic E-state index is 11.5. The minimum atomic E-state index is 0. The van der Waals surface area contributed by atoms with Crippen molar-refractivity contribution >= 4 is 36.5 Å². The zero-order valence-corrected chi connectivity index (χ0v) is 14.3. The first-order valence-corrected chi connectivity index (χ1v) is 7.47. The third kappa shape index (κ3) is 9.82. The van der Waals surface area contributed by atoms with E-state index < -0.39 is 0 Å². The highest BCUT2D eigenvalue weighted by Gasteiger charge is 2.20. The number of amides is 1. The quantitative estimate of drug-likeness (QED) is 0.567. The SMILES string of the molecule is Cl.Cl.O=C(CNCC1CC1)NCCCCNc1ccccn1. The molecule has 0 saturated heterocycles. The van der Waals surface area contributed by atoms with Crippen molar-refractivity contribution in [2.75, 3.05) is 31.5 Å². The number of hydrogen-bond acceptors (Lipinski definition) is 4. The Labute approximate surface area is 144 Å². The van der Waals surface area contributed by atoms with Crippen LogP contribution < -0.4 is 16.0 Å². The fourth-order valence-corrected chi connectivity index (χ4v) is 1.94. The van der Waals surface area contributed by atoms with Gasteiger partial charge in [-0.15, -0.1) is 24.8 Å². The van der Waals surface area contributed by atoms with Crippen molar-refractivity contribution < 1.29 is 4.79 Å². The molecule has 1 heterocycles. The molecule has 1 saturated carbocycles. The van der Waals surface area contributed by atoms with Gasteiger partial charge in [0.05, 0.1) is 6.54 Å². The van der Waals surface area contributed by atoms with Crippen LogP contribution in [0, 0.1) is 5.92 Å². The van der Waals surface area contributed by atoms with Gasteiger partial charge in [0.1, 0.15) is 5.82 Å².